The molecule has 0 unspecified atom stereocenters. The van der Waals surface area contributed by atoms with E-state index in [4.69, 9.17) is 4.74 Å². The molecule has 7 nitrogen and oxygen atoms in total. The molecule has 4 rings (SSSR count). The second-order valence-electron chi connectivity index (χ2n) is 7.36. The molecule has 150 valence electrons. The van der Waals surface area contributed by atoms with Crippen LogP contribution in [-0.4, -0.2) is 29.5 Å². The number of hydrogen-bond acceptors (Lipinski definition) is 7. The van der Waals surface area contributed by atoms with Gasteiger partial charge in [0.1, 0.15) is 16.9 Å². The predicted octanol–water partition coefficient (Wildman–Crippen LogP) is 3.65. The summed E-state index contributed by atoms with van der Waals surface area (Å²) >= 11 is 1.46. The highest BCUT2D eigenvalue weighted by Gasteiger charge is 2.22. The van der Waals surface area contributed by atoms with Crippen LogP contribution in [-0.2, 0) is 22.4 Å². The van der Waals surface area contributed by atoms with E-state index in [1.54, 1.807) is 12.1 Å². The normalized spacial score (nSPS) is 15.6. The van der Waals surface area contributed by atoms with E-state index >= 15 is 0 Å². The molecule has 2 aliphatic rings. The maximum Gasteiger partial charge on any atom is 0.340 e. The molecule has 1 amide bonds. The van der Waals surface area contributed by atoms with Crippen LogP contribution in [0.1, 0.15) is 58.5 Å². The zero-order chi connectivity index (χ0) is 20.2. The van der Waals surface area contributed by atoms with Gasteiger partial charge in [-0.05, 0) is 56.2 Å². The van der Waals surface area contributed by atoms with Crippen molar-refractivity contribution in [3.63, 3.8) is 0 Å². The molecule has 2 aromatic heterocycles. The first-order valence-corrected chi connectivity index (χ1v) is 10.7. The number of rotatable bonds is 6. The summed E-state index contributed by atoms with van der Waals surface area (Å²) in [6.45, 7) is -0.408. The van der Waals surface area contributed by atoms with Crippen LogP contribution in [0.3, 0.4) is 0 Å². The minimum absolute atomic E-state index is 0.291. The van der Waals surface area contributed by atoms with Gasteiger partial charge in [0.15, 0.2) is 6.61 Å². The van der Waals surface area contributed by atoms with Gasteiger partial charge in [0.2, 0.25) is 0 Å². The van der Waals surface area contributed by atoms with Gasteiger partial charge < -0.3 is 15.4 Å². The molecule has 2 heterocycles. The van der Waals surface area contributed by atoms with E-state index in [2.05, 4.69) is 21.7 Å². The number of aryl methyl sites for hydroxylation is 1. The number of hydrogen-bond donors (Lipinski definition) is 2. The summed E-state index contributed by atoms with van der Waals surface area (Å²) in [6.07, 6.45) is 8.86. The van der Waals surface area contributed by atoms with Crippen molar-refractivity contribution in [3.05, 3.63) is 39.9 Å². The molecule has 1 saturated carbocycles. The monoisotopic (exact) mass is 410 g/mol. The molecule has 8 heteroatoms. The summed E-state index contributed by atoms with van der Waals surface area (Å²) in [5.41, 5.74) is 1.91. The largest absolute Gasteiger partial charge is 0.452 e. The Hall–Kier alpha value is -2.92. The number of nitrogens with zero attached hydrogens (tertiary/aromatic N) is 2. The van der Waals surface area contributed by atoms with Gasteiger partial charge in [-0.1, -0.05) is 6.42 Å². The van der Waals surface area contributed by atoms with Crippen LogP contribution >= 0.6 is 11.3 Å². The average molecular weight is 410 g/mol. The number of pyridine rings is 1. The number of fused-ring (bicyclic) bond motifs is 1. The van der Waals surface area contributed by atoms with Crippen LogP contribution in [0.15, 0.2) is 18.3 Å². The smallest absolute Gasteiger partial charge is 0.340 e. The summed E-state index contributed by atoms with van der Waals surface area (Å²) in [7, 11) is 0. The molecule has 0 aliphatic heterocycles. The van der Waals surface area contributed by atoms with Gasteiger partial charge >= 0.3 is 5.97 Å². The van der Waals surface area contributed by atoms with Crippen LogP contribution in [0.2, 0.25) is 0 Å². The van der Waals surface area contributed by atoms with Crippen molar-refractivity contribution in [2.24, 2.45) is 0 Å². The number of carbonyl (C=O) groups is 2. The minimum Gasteiger partial charge on any atom is -0.452 e. The van der Waals surface area contributed by atoms with E-state index in [1.165, 1.54) is 22.4 Å². The molecule has 1 fully saturated rings. The van der Waals surface area contributed by atoms with E-state index in [9.17, 15) is 14.9 Å². The van der Waals surface area contributed by atoms with E-state index in [0.717, 1.165) is 56.3 Å². The summed E-state index contributed by atoms with van der Waals surface area (Å²) in [5, 5.41) is 16.1. The van der Waals surface area contributed by atoms with E-state index < -0.39 is 18.5 Å². The molecule has 0 spiro atoms. The second-order valence-corrected chi connectivity index (χ2v) is 8.46. The lowest BCUT2D eigenvalue weighted by molar-refractivity contribution is -0.119. The van der Waals surface area contributed by atoms with Gasteiger partial charge in [-0.3, -0.25) is 4.79 Å². The molecular formula is C21H22N4O3S. The van der Waals surface area contributed by atoms with Gasteiger partial charge in [0, 0.05) is 17.1 Å². The van der Waals surface area contributed by atoms with Crippen LogP contribution in [0.4, 0.5) is 10.8 Å². The number of nitrogens with one attached hydrogen (secondary N) is 2. The van der Waals surface area contributed by atoms with Gasteiger partial charge in [-0.25, -0.2) is 9.78 Å². The average Bonchev–Trinajstić information content (AvgIpc) is 3.51. The standard InChI is InChI=1S/C21H22N4O3S/c22-10-16-15-4-2-1-3-5-17(15)29-20(16)25-19(26)12-28-21(27)13-6-9-18(23-11-13)24-14-7-8-14/h6,9,11,14H,1-5,7-8,12H2,(H,23,24)(H,25,26). The maximum atomic E-state index is 12.3. The molecule has 0 bridgehead atoms. The second kappa shape index (κ2) is 8.62. The summed E-state index contributed by atoms with van der Waals surface area (Å²) in [4.78, 5) is 29.8. The van der Waals surface area contributed by atoms with Gasteiger partial charge in [0.05, 0.1) is 11.1 Å². The van der Waals surface area contributed by atoms with Gasteiger partial charge in [-0.15, -0.1) is 11.3 Å². The van der Waals surface area contributed by atoms with Crippen molar-refractivity contribution < 1.29 is 14.3 Å². The Bertz CT molecular complexity index is 958. The maximum absolute atomic E-state index is 12.3. The van der Waals surface area contributed by atoms with Crippen molar-refractivity contribution in [2.75, 3.05) is 17.2 Å². The number of ether oxygens (including phenoxy) is 1. The zero-order valence-corrected chi connectivity index (χ0v) is 16.8. The van der Waals surface area contributed by atoms with Gasteiger partial charge in [-0.2, -0.15) is 5.26 Å². The number of amides is 1. The number of esters is 1. The fourth-order valence-electron chi connectivity index (χ4n) is 3.36. The number of nitriles is 1. The van der Waals surface area contributed by atoms with Gasteiger partial charge in [0.25, 0.3) is 5.91 Å². The Labute approximate surface area is 173 Å². The Morgan fingerprint density at radius 3 is 2.79 bits per heavy atom. The topological polar surface area (TPSA) is 104 Å². The van der Waals surface area contributed by atoms with Crippen molar-refractivity contribution in [1.82, 2.24) is 4.98 Å². The van der Waals surface area contributed by atoms with Crippen molar-refractivity contribution in [2.45, 2.75) is 51.0 Å². The van der Waals surface area contributed by atoms with E-state index in [-0.39, 0.29) is 0 Å². The third-order valence-corrected chi connectivity index (χ3v) is 6.26. The van der Waals surface area contributed by atoms with E-state index in [1.807, 2.05) is 0 Å². The first-order valence-electron chi connectivity index (χ1n) is 9.88. The fourth-order valence-corrected chi connectivity index (χ4v) is 4.62. The van der Waals surface area contributed by atoms with E-state index in [0.29, 0.717) is 22.2 Å². The first kappa shape index (κ1) is 19.4. The molecule has 0 atom stereocenters. The third-order valence-electron chi connectivity index (χ3n) is 5.05. The Morgan fingerprint density at radius 1 is 1.24 bits per heavy atom. The lowest BCUT2D eigenvalue weighted by Crippen LogP contribution is -2.21. The quantitative estimate of drug-likeness (QED) is 0.556. The predicted molar refractivity (Wildman–Crippen MR) is 110 cm³/mol. The first-order chi connectivity index (χ1) is 14.1. The zero-order valence-electron chi connectivity index (χ0n) is 16.0. The molecule has 2 N–H and O–H groups in total. The Balaban J connectivity index is 1.33. The Kier molecular flexibility index (Phi) is 5.76. The van der Waals surface area contributed by atoms with Crippen LogP contribution in [0.5, 0.6) is 0 Å². The van der Waals surface area contributed by atoms with Crippen LogP contribution < -0.4 is 10.6 Å². The number of anilines is 2. The highest BCUT2D eigenvalue weighted by Crippen LogP contribution is 2.36. The van der Waals surface area contributed by atoms with Crippen molar-refractivity contribution in [3.8, 4) is 6.07 Å². The van der Waals surface area contributed by atoms with Crippen molar-refractivity contribution in [1.29, 1.82) is 5.26 Å². The highest BCUT2D eigenvalue weighted by molar-refractivity contribution is 7.16. The SMILES string of the molecule is N#Cc1c(NC(=O)COC(=O)c2ccc(NC3CC3)nc2)sc2c1CCCCC2. The summed E-state index contributed by atoms with van der Waals surface area (Å²) in [5.74, 6) is -0.331. The molecule has 0 saturated heterocycles. The lowest BCUT2D eigenvalue weighted by Gasteiger charge is -2.07. The van der Waals surface area contributed by atoms with Crippen LogP contribution in [0.25, 0.3) is 0 Å². The molecule has 2 aliphatic carbocycles. The molecule has 0 aromatic carbocycles. The van der Waals surface area contributed by atoms with Crippen molar-refractivity contribution >= 4 is 34.0 Å². The number of aromatic nitrogens is 1. The number of carbonyl (C=O) groups excluding carboxylic acids is 2. The molecule has 2 aromatic rings. The van der Waals surface area contributed by atoms with Crippen LogP contribution in [0, 0.1) is 11.3 Å². The summed E-state index contributed by atoms with van der Waals surface area (Å²) in [6, 6.07) is 6.06. The third kappa shape index (κ3) is 4.74. The highest BCUT2D eigenvalue weighted by atomic mass is 32.1. The molecule has 29 heavy (non-hydrogen) atoms. The number of thiophene rings is 1. The minimum atomic E-state index is -0.604. The molecule has 0 radical (unpaired) electrons. The molecular weight excluding hydrogens is 388 g/mol. The lowest BCUT2D eigenvalue weighted by atomic mass is 10.1. The fraction of sp³-hybridized carbons (Fsp3) is 0.429. The summed E-state index contributed by atoms with van der Waals surface area (Å²) < 4.78 is 5.10. The Morgan fingerprint density at radius 2 is 2.07 bits per heavy atom.